The van der Waals surface area contributed by atoms with Crippen LogP contribution in [-0.4, -0.2) is 47.7 Å². The Balaban J connectivity index is 2.10. The van der Waals surface area contributed by atoms with Crippen molar-refractivity contribution in [1.29, 1.82) is 0 Å². The summed E-state index contributed by atoms with van der Waals surface area (Å²) in [6.45, 7) is 11.7. The first-order valence-corrected chi connectivity index (χ1v) is 8.95. The maximum absolute atomic E-state index is 12.7. The number of benzene rings is 1. The van der Waals surface area contributed by atoms with Crippen LogP contribution in [0.2, 0.25) is 0 Å². The van der Waals surface area contributed by atoms with E-state index in [2.05, 4.69) is 18.2 Å². The van der Waals surface area contributed by atoms with Gasteiger partial charge in [-0.2, -0.15) is 13.2 Å². The minimum absolute atomic E-state index is 0.102. The predicted molar refractivity (Wildman–Crippen MR) is 105 cm³/mol. The Morgan fingerprint density at radius 2 is 1.71 bits per heavy atom. The van der Waals surface area contributed by atoms with Crippen LogP contribution in [0.1, 0.15) is 18.1 Å². The summed E-state index contributed by atoms with van der Waals surface area (Å²) in [5, 5.41) is 0. The monoisotopic (exact) mass is 391 g/mol. The molecule has 0 radical (unpaired) electrons. The molecule has 0 atom stereocenters. The van der Waals surface area contributed by atoms with Gasteiger partial charge in [-0.15, -0.1) is 0 Å². The van der Waals surface area contributed by atoms with E-state index in [0.717, 1.165) is 17.7 Å². The number of carbonyl (C=O) groups is 1. The first-order valence-electron chi connectivity index (χ1n) is 8.95. The zero-order valence-electron chi connectivity index (χ0n) is 15.9. The molecule has 1 saturated heterocycles. The van der Waals surface area contributed by atoms with Gasteiger partial charge >= 0.3 is 6.18 Å². The summed E-state index contributed by atoms with van der Waals surface area (Å²) >= 11 is 0. The standard InChI is InChI=1S/C21H24F3N3O/c1-4-10-25-20(27-13-11-26(12-14-27)19(28)5-2)16(3)15-17-6-8-18(9-7-17)21(22,23)24/h4-10H,2-3,11-15H2,1H3/b10-4-,25-20+. The fourth-order valence-electron chi connectivity index (χ4n) is 2.95. The van der Waals surface area contributed by atoms with E-state index in [1.807, 2.05) is 11.8 Å². The molecule has 0 N–H and O–H groups in total. The van der Waals surface area contributed by atoms with Crippen LogP contribution in [0, 0.1) is 0 Å². The molecule has 2 rings (SSSR count). The van der Waals surface area contributed by atoms with Gasteiger partial charge < -0.3 is 9.80 Å². The molecule has 7 heteroatoms. The second-order valence-electron chi connectivity index (χ2n) is 6.43. The van der Waals surface area contributed by atoms with E-state index in [4.69, 9.17) is 0 Å². The van der Waals surface area contributed by atoms with Crippen molar-refractivity contribution in [2.45, 2.75) is 19.5 Å². The number of hydrogen-bond acceptors (Lipinski definition) is 2. The molecule has 0 aromatic heterocycles. The molecule has 1 aliphatic heterocycles. The average molecular weight is 391 g/mol. The van der Waals surface area contributed by atoms with Gasteiger partial charge in [0, 0.05) is 38.8 Å². The smallest absolute Gasteiger partial charge is 0.353 e. The molecule has 1 heterocycles. The highest BCUT2D eigenvalue weighted by Crippen LogP contribution is 2.29. The largest absolute Gasteiger partial charge is 0.416 e. The number of aliphatic imine (C=N–C) groups is 1. The van der Waals surface area contributed by atoms with E-state index in [-0.39, 0.29) is 5.91 Å². The van der Waals surface area contributed by atoms with Crippen molar-refractivity contribution in [3.05, 3.63) is 72.5 Å². The van der Waals surface area contributed by atoms with Gasteiger partial charge in [0.05, 0.1) is 5.56 Å². The lowest BCUT2D eigenvalue weighted by atomic mass is 10.0. The average Bonchev–Trinajstić information content (AvgIpc) is 2.68. The fourth-order valence-corrected chi connectivity index (χ4v) is 2.95. The Morgan fingerprint density at radius 1 is 1.14 bits per heavy atom. The molecule has 28 heavy (non-hydrogen) atoms. The van der Waals surface area contributed by atoms with Crippen molar-refractivity contribution >= 4 is 11.7 Å². The molecule has 1 aromatic rings. The molecule has 1 amide bonds. The van der Waals surface area contributed by atoms with Crippen LogP contribution in [0.3, 0.4) is 0 Å². The molecular weight excluding hydrogens is 367 g/mol. The lowest BCUT2D eigenvalue weighted by Crippen LogP contribution is -2.50. The van der Waals surface area contributed by atoms with Crippen LogP contribution in [0.5, 0.6) is 0 Å². The summed E-state index contributed by atoms with van der Waals surface area (Å²) in [5.41, 5.74) is 0.765. The number of allylic oxidation sites excluding steroid dienone is 1. The van der Waals surface area contributed by atoms with Gasteiger partial charge in [0.25, 0.3) is 0 Å². The van der Waals surface area contributed by atoms with Crippen LogP contribution in [0.25, 0.3) is 0 Å². The third-order valence-corrected chi connectivity index (χ3v) is 4.43. The maximum Gasteiger partial charge on any atom is 0.416 e. The Morgan fingerprint density at radius 3 is 2.21 bits per heavy atom. The fraction of sp³-hybridized carbons (Fsp3) is 0.333. The van der Waals surface area contributed by atoms with Crippen LogP contribution in [0.4, 0.5) is 13.2 Å². The topological polar surface area (TPSA) is 35.9 Å². The van der Waals surface area contributed by atoms with E-state index in [1.165, 1.54) is 18.2 Å². The minimum atomic E-state index is -4.35. The van der Waals surface area contributed by atoms with Gasteiger partial charge in [-0.25, -0.2) is 4.99 Å². The second kappa shape index (κ2) is 9.39. The number of hydrogen-bond donors (Lipinski definition) is 0. The maximum atomic E-state index is 12.7. The van der Waals surface area contributed by atoms with Gasteiger partial charge in [-0.1, -0.05) is 31.4 Å². The summed E-state index contributed by atoms with van der Waals surface area (Å²) in [6.07, 6.45) is 0.794. The number of rotatable bonds is 5. The van der Waals surface area contributed by atoms with Crippen molar-refractivity contribution in [1.82, 2.24) is 9.80 Å². The van der Waals surface area contributed by atoms with Crippen molar-refractivity contribution in [3.8, 4) is 0 Å². The van der Waals surface area contributed by atoms with Crippen molar-refractivity contribution in [2.75, 3.05) is 26.2 Å². The normalized spacial score (nSPS) is 15.8. The second-order valence-corrected chi connectivity index (χ2v) is 6.43. The van der Waals surface area contributed by atoms with Crippen LogP contribution in [-0.2, 0) is 17.4 Å². The number of piperazine rings is 1. The van der Waals surface area contributed by atoms with Gasteiger partial charge in [-0.05, 0) is 36.3 Å². The number of halogens is 3. The van der Waals surface area contributed by atoms with Crippen molar-refractivity contribution in [3.63, 3.8) is 0 Å². The number of carbonyl (C=O) groups excluding carboxylic acids is 1. The lowest BCUT2D eigenvalue weighted by molar-refractivity contribution is -0.137. The molecule has 1 aromatic carbocycles. The number of alkyl halides is 3. The van der Waals surface area contributed by atoms with E-state index in [1.54, 1.807) is 17.2 Å². The van der Waals surface area contributed by atoms with E-state index in [9.17, 15) is 18.0 Å². The molecule has 150 valence electrons. The van der Waals surface area contributed by atoms with Crippen LogP contribution >= 0.6 is 0 Å². The summed E-state index contributed by atoms with van der Waals surface area (Å²) < 4.78 is 38.2. The Bertz CT molecular complexity index is 771. The highest BCUT2D eigenvalue weighted by Gasteiger charge is 2.30. The Kier molecular flexibility index (Phi) is 7.20. The minimum Gasteiger partial charge on any atom is -0.353 e. The van der Waals surface area contributed by atoms with Gasteiger partial charge in [0.2, 0.25) is 5.91 Å². The summed E-state index contributed by atoms with van der Waals surface area (Å²) in [4.78, 5) is 20.0. The van der Waals surface area contributed by atoms with Crippen LogP contribution in [0.15, 0.2) is 66.3 Å². The molecule has 0 spiro atoms. The third kappa shape index (κ3) is 5.58. The zero-order valence-corrected chi connectivity index (χ0v) is 15.9. The molecule has 0 aliphatic carbocycles. The summed E-state index contributed by atoms with van der Waals surface area (Å²) in [6, 6.07) is 5.07. The first kappa shape index (κ1) is 21.5. The van der Waals surface area contributed by atoms with E-state index >= 15 is 0 Å². The molecule has 0 bridgehead atoms. The first-order chi connectivity index (χ1) is 13.3. The number of amidine groups is 1. The SMILES string of the molecule is C=CC(=O)N1CCN(/C(=N/C=C\C)C(=C)Cc2ccc(C(F)(F)F)cc2)CC1. The molecule has 1 fully saturated rings. The lowest BCUT2D eigenvalue weighted by Gasteiger charge is -2.36. The third-order valence-electron chi connectivity index (χ3n) is 4.43. The van der Waals surface area contributed by atoms with Gasteiger partial charge in [0.1, 0.15) is 5.84 Å². The van der Waals surface area contributed by atoms with Crippen molar-refractivity contribution < 1.29 is 18.0 Å². The predicted octanol–water partition coefficient (Wildman–Crippen LogP) is 4.07. The number of nitrogens with zero attached hydrogens (tertiary/aromatic N) is 3. The summed E-state index contributed by atoms with van der Waals surface area (Å²) in [7, 11) is 0. The number of amides is 1. The molecule has 0 saturated carbocycles. The zero-order chi connectivity index (χ0) is 20.7. The molecule has 4 nitrogen and oxygen atoms in total. The van der Waals surface area contributed by atoms with Gasteiger partial charge in [-0.3, -0.25) is 4.79 Å². The molecular formula is C21H24F3N3O. The highest BCUT2D eigenvalue weighted by atomic mass is 19.4. The van der Waals surface area contributed by atoms with E-state index in [0.29, 0.717) is 44.0 Å². The quantitative estimate of drug-likeness (QED) is 0.431. The van der Waals surface area contributed by atoms with Crippen LogP contribution < -0.4 is 0 Å². The van der Waals surface area contributed by atoms with E-state index < -0.39 is 11.7 Å². The van der Waals surface area contributed by atoms with Gasteiger partial charge in [0.15, 0.2) is 0 Å². The summed E-state index contributed by atoms with van der Waals surface area (Å²) in [5.74, 6) is 0.582. The van der Waals surface area contributed by atoms with Crippen molar-refractivity contribution in [2.24, 2.45) is 4.99 Å². The Labute approximate surface area is 163 Å². The Hall–Kier alpha value is -2.83. The highest BCUT2D eigenvalue weighted by molar-refractivity contribution is 5.98. The molecule has 0 unspecified atom stereocenters. The molecule has 1 aliphatic rings.